The van der Waals surface area contributed by atoms with Gasteiger partial charge in [0.15, 0.2) is 0 Å². The molecule has 0 radical (unpaired) electrons. The van der Waals surface area contributed by atoms with Crippen molar-refractivity contribution in [2.24, 2.45) is 0 Å². The summed E-state index contributed by atoms with van der Waals surface area (Å²) >= 11 is 1.64. The zero-order chi connectivity index (χ0) is 14.7. The molecule has 0 atom stereocenters. The highest BCUT2D eigenvalue weighted by atomic mass is 32.2. The minimum absolute atomic E-state index is 0.0354. The molecular formula is C17H18N2OS. The lowest BCUT2D eigenvalue weighted by molar-refractivity contribution is -0.115. The van der Waals surface area contributed by atoms with Crippen LogP contribution in [-0.2, 0) is 11.2 Å². The van der Waals surface area contributed by atoms with Crippen molar-refractivity contribution in [1.29, 1.82) is 0 Å². The Balaban J connectivity index is 1.68. The minimum atomic E-state index is 0.0354. The predicted molar refractivity (Wildman–Crippen MR) is 89.2 cm³/mol. The number of carbonyl (C=O) groups excluding carboxylic acids is 1. The van der Waals surface area contributed by atoms with Crippen LogP contribution in [-0.4, -0.2) is 25.3 Å². The average molecular weight is 298 g/mol. The van der Waals surface area contributed by atoms with E-state index in [9.17, 15) is 4.79 Å². The van der Waals surface area contributed by atoms with Crippen molar-refractivity contribution >= 4 is 29.0 Å². The number of para-hydroxylation sites is 2. The van der Waals surface area contributed by atoms with Crippen molar-refractivity contribution in [3.05, 3.63) is 54.1 Å². The van der Waals surface area contributed by atoms with E-state index in [4.69, 9.17) is 0 Å². The molecule has 1 N–H and O–H groups in total. The van der Waals surface area contributed by atoms with Crippen molar-refractivity contribution in [1.82, 2.24) is 0 Å². The molecule has 1 amide bonds. The zero-order valence-corrected chi connectivity index (χ0v) is 12.8. The van der Waals surface area contributed by atoms with Crippen LogP contribution in [0.4, 0.5) is 11.4 Å². The first-order valence-corrected chi connectivity index (χ1v) is 8.26. The van der Waals surface area contributed by atoms with Crippen molar-refractivity contribution in [2.45, 2.75) is 11.3 Å². The van der Waals surface area contributed by atoms with Crippen LogP contribution in [0, 0.1) is 0 Å². The lowest BCUT2D eigenvalue weighted by Gasteiger charge is -2.19. The van der Waals surface area contributed by atoms with Crippen LogP contribution in [0.15, 0.2) is 53.4 Å². The number of thioether (sulfide) groups is 1. The summed E-state index contributed by atoms with van der Waals surface area (Å²) in [6.07, 6.45) is 3.03. The molecule has 3 nitrogen and oxygen atoms in total. The number of hydrogen-bond donors (Lipinski definition) is 1. The second kappa shape index (κ2) is 6.22. The molecule has 0 saturated carbocycles. The van der Waals surface area contributed by atoms with Gasteiger partial charge in [0.2, 0.25) is 5.91 Å². The second-order valence-corrected chi connectivity index (χ2v) is 5.90. The van der Waals surface area contributed by atoms with E-state index in [1.54, 1.807) is 11.8 Å². The second-order valence-electron chi connectivity index (χ2n) is 5.05. The first-order valence-electron chi connectivity index (χ1n) is 7.03. The van der Waals surface area contributed by atoms with E-state index in [2.05, 4.69) is 28.4 Å². The topological polar surface area (TPSA) is 32.3 Å². The summed E-state index contributed by atoms with van der Waals surface area (Å²) in [6.45, 7) is 1.32. The SMILES string of the molecule is CSc1ccccc1NC(=O)CN1CCc2ccccc21. The lowest BCUT2D eigenvalue weighted by Crippen LogP contribution is -2.31. The third-order valence-electron chi connectivity index (χ3n) is 3.70. The summed E-state index contributed by atoms with van der Waals surface area (Å²) in [6, 6.07) is 16.2. The number of hydrogen-bond acceptors (Lipinski definition) is 3. The fraction of sp³-hybridized carbons (Fsp3) is 0.235. The number of nitrogens with zero attached hydrogens (tertiary/aromatic N) is 1. The summed E-state index contributed by atoms with van der Waals surface area (Å²) in [7, 11) is 0. The summed E-state index contributed by atoms with van der Waals surface area (Å²) in [5, 5.41) is 3.02. The highest BCUT2D eigenvalue weighted by Gasteiger charge is 2.20. The number of rotatable bonds is 4. The van der Waals surface area contributed by atoms with Crippen LogP contribution in [0.2, 0.25) is 0 Å². The molecule has 1 aliphatic rings. The number of carbonyl (C=O) groups is 1. The number of fused-ring (bicyclic) bond motifs is 1. The average Bonchev–Trinajstić information content (AvgIpc) is 2.91. The molecule has 2 aromatic rings. The van der Waals surface area contributed by atoms with Crippen molar-refractivity contribution in [2.75, 3.05) is 29.6 Å². The zero-order valence-electron chi connectivity index (χ0n) is 12.0. The van der Waals surface area contributed by atoms with Crippen LogP contribution in [0.5, 0.6) is 0 Å². The summed E-state index contributed by atoms with van der Waals surface area (Å²) in [5.74, 6) is 0.0354. The molecule has 0 unspecified atom stereocenters. The molecule has 4 heteroatoms. The standard InChI is InChI=1S/C17H18N2OS/c1-21-16-9-5-3-7-14(16)18-17(20)12-19-11-10-13-6-2-4-8-15(13)19/h2-9H,10-12H2,1H3,(H,18,20). The maximum Gasteiger partial charge on any atom is 0.243 e. The first-order chi connectivity index (χ1) is 10.3. The van der Waals surface area contributed by atoms with Gasteiger partial charge < -0.3 is 10.2 Å². The molecule has 2 aromatic carbocycles. The maximum absolute atomic E-state index is 12.3. The Bertz CT molecular complexity index is 657. The quantitative estimate of drug-likeness (QED) is 0.878. The van der Waals surface area contributed by atoms with E-state index in [1.165, 1.54) is 11.3 Å². The van der Waals surface area contributed by atoms with Gasteiger partial charge in [0.1, 0.15) is 0 Å². The summed E-state index contributed by atoms with van der Waals surface area (Å²) in [4.78, 5) is 15.5. The van der Waals surface area contributed by atoms with Crippen LogP contribution in [0.1, 0.15) is 5.56 Å². The molecule has 3 rings (SSSR count). The molecule has 108 valence electrons. The minimum Gasteiger partial charge on any atom is -0.362 e. The Kier molecular flexibility index (Phi) is 4.15. The smallest absolute Gasteiger partial charge is 0.243 e. The molecule has 0 fully saturated rings. The van der Waals surface area contributed by atoms with E-state index in [0.717, 1.165) is 23.5 Å². The predicted octanol–water partition coefficient (Wildman–Crippen LogP) is 3.41. The summed E-state index contributed by atoms with van der Waals surface area (Å²) < 4.78 is 0. The monoisotopic (exact) mass is 298 g/mol. The Morgan fingerprint density at radius 1 is 1.19 bits per heavy atom. The fourth-order valence-corrected chi connectivity index (χ4v) is 3.24. The molecule has 0 aromatic heterocycles. The third kappa shape index (κ3) is 3.05. The molecule has 0 aliphatic carbocycles. The van der Waals surface area contributed by atoms with Gasteiger partial charge in [0, 0.05) is 17.1 Å². The van der Waals surface area contributed by atoms with E-state index < -0.39 is 0 Å². The molecule has 1 aliphatic heterocycles. The van der Waals surface area contributed by atoms with E-state index in [-0.39, 0.29) is 5.91 Å². The van der Waals surface area contributed by atoms with Crippen LogP contribution in [0.3, 0.4) is 0 Å². The Hall–Kier alpha value is -1.94. The number of anilines is 2. The number of nitrogens with one attached hydrogen (secondary N) is 1. The van der Waals surface area contributed by atoms with Gasteiger partial charge >= 0.3 is 0 Å². The normalized spacial score (nSPS) is 13.1. The van der Waals surface area contributed by atoms with E-state index >= 15 is 0 Å². The van der Waals surface area contributed by atoms with Gasteiger partial charge in [-0.3, -0.25) is 4.79 Å². The molecular weight excluding hydrogens is 280 g/mol. The van der Waals surface area contributed by atoms with Crippen molar-refractivity contribution < 1.29 is 4.79 Å². The van der Waals surface area contributed by atoms with Gasteiger partial charge in [0.25, 0.3) is 0 Å². The molecule has 1 heterocycles. The first kappa shape index (κ1) is 14.0. The Morgan fingerprint density at radius 2 is 1.95 bits per heavy atom. The van der Waals surface area contributed by atoms with Crippen LogP contribution in [0.25, 0.3) is 0 Å². The van der Waals surface area contributed by atoms with Crippen LogP contribution >= 0.6 is 11.8 Å². The van der Waals surface area contributed by atoms with Gasteiger partial charge in [-0.2, -0.15) is 0 Å². The molecule has 0 saturated heterocycles. The van der Waals surface area contributed by atoms with Crippen LogP contribution < -0.4 is 10.2 Å². The van der Waals surface area contributed by atoms with E-state index in [0.29, 0.717) is 6.54 Å². The maximum atomic E-state index is 12.3. The largest absolute Gasteiger partial charge is 0.362 e. The van der Waals surface area contributed by atoms with E-state index in [1.807, 2.05) is 36.6 Å². The van der Waals surface area contributed by atoms with Gasteiger partial charge in [-0.15, -0.1) is 11.8 Å². The van der Waals surface area contributed by atoms with Gasteiger partial charge in [-0.1, -0.05) is 30.3 Å². The lowest BCUT2D eigenvalue weighted by atomic mass is 10.2. The Labute approximate surface area is 129 Å². The molecule has 21 heavy (non-hydrogen) atoms. The highest BCUT2D eigenvalue weighted by molar-refractivity contribution is 7.98. The van der Waals surface area contributed by atoms with Crippen molar-refractivity contribution in [3.8, 4) is 0 Å². The van der Waals surface area contributed by atoms with Gasteiger partial charge in [-0.25, -0.2) is 0 Å². The summed E-state index contributed by atoms with van der Waals surface area (Å²) in [5.41, 5.74) is 3.41. The number of amides is 1. The highest BCUT2D eigenvalue weighted by Crippen LogP contribution is 2.28. The number of benzene rings is 2. The van der Waals surface area contributed by atoms with Gasteiger partial charge in [0.05, 0.1) is 12.2 Å². The molecule has 0 bridgehead atoms. The van der Waals surface area contributed by atoms with Gasteiger partial charge in [-0.05, 0) is 36.4 Å². The van der Waals surface area contributed by atoms with Crippen molar-refractivity contribution in [3.63, 3.8) is 0 Å². The molecule has 0 spiro atoms. The fourth-order valence-electron chi connectivity index (χ4n) is 2.68. The third-order valence-corrected chi connectivity index (χ3v) is 4.49. The Morgan fingerprint density at radius 3 is 2.81 bits per heavy atom.